The van der Waals surface area contributed by atoms with Crippen LogP contribution in [0, 0.1) is 0 Å². The van der Waals surface area contributed by atoms with Crippen LogP contribution in [0.1, 0.15) is 25.7 Å². The Bertz CT molecular complexity index is 116. The first-order valence-electron chi connectivity index (χ1n) is 3.27. The highest BCUT2D eigenvalue weighted by Gasteiger charge is 2.12. The van der Waals surface area contributed by atoms with Gasteiger partial charge < -0.3 is 0 Å². The van der Waals surface area contributed by atoms with Gasteiger partial charge in [0.1, 0.15) is 0 Å². The molecule has 0 aromatic rings. The molecule has 0 radical (unpaired) electrons. The Hall–Kier alpha value is -0.0500. The number of rotatable bonds is 0. The van der Waals surface area contributed by atoms with Crippen molar-refractivity contribution in [2.45, 2.75) is 25.7 Å². The molecule has 1 amide bonds. The Kier molecular flexibility index (Phi) is 2.51. The fraction of sp³-hybridized carbons (Fsp3) is 0.833. The molecule has 3 heteroatoms. The second kappa shape index (κ2) is 3.20. The zero-order chi connectivity index (χ0) is 6.69. The van der Waals surface area contributed by atoms with Crippen molar-refractivity contribution in [1.29, 1.82) is 0 Å². The fourth-order valence-corrected chi connectivity index (χ4v) is 1.38. The molecule has 0 aromatic carbocycles. The Balaban J connectivity index is 2.41. The van der Waals surface area contributed by atoms with Crippen LogP contribution in [0.4, 0.5) is 0 Å². The quantitative estimate of drug-likeness (QED) is 0.535. The first-order chi connectivity index (χ1) is 4.30. The average molecular weight is 192 g/mol. The van der Waals surface area contributed by atoms with Gasteiger partial charge in [0, 0.05) is 13.0 Å². The molecule has 0 aromatic heterocycles. The molecule has 9 heavy (non-hydrogen) atoms. The largest absolute Gasteiger partial charge is 0.279 e. The van der Waals surface area contributed by atoms with E-state index in [2.05, 4.69) is 16.1 Å². The molecule has 1 fully saturated rings. The number of nitrogens with zero attached hydrogens (tertiary/aromatic N) is 1. The normalized spacial score (nSPS) is 21.9. The van der Waals surface area contributed by atoms with Gasteiger partial charge in [-0.15, -0.1) is 0 Å². The topological polar surface area (TPSA) is 20.3 Å². The maximum Gasteiger partial charge on any atom is 0.232 e. The molecule has 52 valence electrons. The number of hydrogen-bond acceptors (Lipinski definition) is 1. The Morgan fingerprint density at radius 2 is 2.11 bits per heavy atom. The van der Waals surface area contributed by atoms with E-state index in [9.17, 15) is 4.79 Å². The number of amides is 1. The Morgan fingerprint density at radius 3 is 2.89 bits per heavy atom. The molecule has 1 aliphatic heterocycles. The molecule has 0 spiro atoms. The van der Waals surface area contributed by atoms with Gasteiger partial charge in [-0.05, 0) is 12.8 Å². The Labute approximate surface area is 63.6 Å². The first-order valence-corrected chi connectivity index (χ1v) is 3.98. The predicted molar refractivity (Wildman–Crippen MR) is 39.1 cm³/mol. The molecule has 1 heterocycles. The van der Waals surface area contributed by atoms with Crippen molar-refractivity contribution in [3.05, 3.63) is 0 Å². The molecular formula is C6H10BrNO. The van der Waals surface area contributed by atoms with Gasteiger partial charge in [0.2, 0.25) is 5.91 Å². The van der Waals surface area contributed by atoms with Crippen molar-refractivity contribution in [2.24, 2.45) is 0 Å². The number of hydrogen-bond donors (Lipinski definition) is 0. The van der Waals surface area contributed by atoms with Crippen LogP contribution in [0.5, 0.6) is 0 Å². The van der Waals surface area contributed by atoms with E-state index < -0.39 is 0 Å². The third-order valence-corrected chi connectivity index (χ3v) is 2.27. The van der Waals surface area contributed by atoms with Crippen molar-refractivity contribution in [3.63, 3.8) is 0 Å². The SMILES string of the molecule is O=C1CCCCCN1Br. The van der Waals surface area contributed by atoms with Gasteiger partial charge in [0.15, 0.2) is 0 Å². The van der Waals surface area contributed by atoms with Gasteiger partial charge in [-0.3, -0.25) is 8.72 Å². The molecule has 0 saturated carbocycles. The average Bonchev–Trinajstić information content (AvgIpc) is 1.99. The molecule has 1 aliphatic rings. The summed E-state index contributed by atoms with van der Waals surface area (Å²) in [7, 11) is 0. The van der Waals surface area contributed by atoms with Crippen LogP contribution in [0.3, 0.4) is 0 Å². The number of carbonyl (C=O) groups excluding carboxylic acids is 1. The monoisotopic (exact) mass is 191 g/mol. The van der Waals surface area contributed by atoms with Crippen molar-refractivity contribution in [3.8, 4) is 0 Å². The van der Waals surface area contributed by atoms with Crippen molar-refractivity contribution < 1.29 is 4.79 Å². The summed E-state index contributed by atoms with van der Waals surface area (Å²) in [6.07, 6.45) is 4.09. The Morgan fingerprint density at radius 1 is 1.33 bits per heavy atom. The standard InChI is InChI=1S/C6H10BrNO/c7-8-5-3-1-2-4-6(8)9/h1-5H2. The van der Waals surface area contributed by atoms with Gasteiger partial charge in [-0.1, -0.05) is 6.42 Å². The molecule has 0 atom stereocenters. The van der Waals surface area contributed by atoms with Gasteiger partial charge >= 0.3 is 0 Å². The zero-order valence-electron chi connectivity index (χ0n) is 5.27. The van der Waals surface area contributed by atoms with Crippen LogP contribution < -0.4 is 0 Å². The van der Waals surface area contributed by atoms with Gasteiger partial charge in [-0.2, -0.15) is 0 Å². The van der Waals surface area contributed by atoms with Crippen LogP contribution in [-0.2, 0) is 4.79 Å². The lowest BCUT2D eigenvalue weighted by Crippen LogP contribution is -2.18. The number of carbonyl (C=O) groups is 1. The van der Waals surface area contributed by atoms with E-state index in [-0.39, 0.29) is 5.91 Å². The van der Waals surface area contributed by atoms with E-state index >= 15 is 0 Å². The molecule has 0 aliphatic carbocycles. The van der Waals surface area contributed by atoms with Crippen LogP contribution in [0.25, 0.3) is 0 Å². The minimum Gasteiger partial charge on any atom is -0.279 e. The minimum absolute atomic E-state index is 0.229. The fourth-order valence-electron chi connectivity index (χ4n) is 0.950. The van der Waals surface area contributed by atoms with Crippen molar-refractivity contribution in [1.82, 2.24) is 3.93 Å². The second-order valence-electron chi connectivity index (χ2n) is 2.29. The molecule has 2 nitrogen and oxygen atoms in total. The maximum absolute atomic E-state index is 10.9. The lowest BCUT2D eigenvalue weighted by molar-refractivity contribution is -0.125. The van der Waals surface area contributed by atoms with Gasteiger partial charge in [0.05, 0.1) is 16.1 Å². The molecule has 0 bridgehead atoms. The van der Waals surface area contributed by atoms with Crippen molar-refractivity contribution >= 4 is 22.1 Å². The zero-order valence-corrected chi connectivity index (χ0v) is 6.85. The van der Waals surface area contributed by atoms with Crippen molar-refractivity contribution in [2.75, 3.05) is 6.54 Å². The highest BCUT2D eigenvalue weighted by atomic mass is 79.9. The lowest BCUT2D eigenvalue weighted by atomic mass is 10.2. The number of halogens is 1. The molecular weight excluding hydrogens is 182 g/mol. The highest BCUT2D eigenvalue weighted by molar-refractivity contribution is 9.07. The first kappa shape index (κ1) is 7.06. The molecule has 1 saturated heterocycles. The summed E-state index contributed by atoms with van der Waals surface area (Å²) in [5, 5.41) is 0. The lowest BCUT2D eigenvalue weighted by Gasteiger charge is -2.08. The maximum atomic E-state index is 10.9. The summed E-state index contributed by atoms with van der Waals surface area (Å²) >= 11 is 3.19. The van der Waals surface area contributed by atoms with E-state index in [0.717, 1.165) is 19.4 Å². The predicted octanol–water partition coefficient (Wildman–Crippen LogP) is 1.70. The third-order valence-electron chi connectivity index (χ3n) is 1.52. The summed E-state index contributed by atoms with van der Waals surface area (Å²) in [6.45, 7) is 0.874. The van der Waals surface area contributed by atoms with E-state index in [4.69, 9.17) is 0 Å². The van der Waals surface area contributed by atoms with Crippen LogP contribution in [0.15, 0.2) is 0 Å². The van der Waals surface area contributed by atoms with Gasteiger partial charge in [0.25, 0.3) is 0 Å². The smallest absolute Gasteiger partial charge is 0.232 e. The molecule has 1 rings (SSSR count). The third kappa shape index (κ3) is 1.97. The summed E-state index contributed by atoms with van der Waals surface area (Å²) in [5.41, 5.74) is 0. The van der Waals surface area contributed by atoms with Crippen LogP contribution in [-0.4, -0.2) is 16.4 Å². The summed E-state index contributed by atoms with van der Waals surface area (Å²) < 4.78 is 1.64. The van der Waals surface area contributed by atoms with Crippen LogP contribution in [0.2, 0.25) is 0 Å². The van der Waals surface area contributed by atoms with E-state index in [1.165, 1.54) is 6.42 Å². The second-order valence-corrected chi connectivity index (χ2v) is 3.15. The van der Waals surface area contributed by atoms with Gasteiger partial charge in [-0.25, -0.2) is 0 Å². The van der Waals surface area contributed by atoms with Crippen LogP contribution >= 0.6 is 16.1 Å². The van der Waals surface area contributed by atoms with E-state index in [1.54, 1.807) is 3.93 Å². The summed E-state index contributed by atoms with van der Waals surface area (Å²) in [5.74, 6) is 0.229. The molecule has 0 N–H and O–H groups in total. The molecule has 0 unspecified atom stereocenters. The highest BCUT2D eigenvalue weighted by Crippen LogP contribution is 2.13. The van der Waals surface area contributed by atoms with E-state index in [1.807, 2.05) is 0 Å². The summed E-state index contributed by atoms with van der Waals surface area (Å²) in [4.78, 5) is 10.9. The minimum atomic E-state index is 0.229. The van der Waals surface area contributed by atoms with E-state index in [0.29, 0.717) is 6.42 Å². The summed E-state index contributed by atoms with van der Waals surface area (Å²) in [6, 6.07) is 0.